The van der Waals surface area contributed by atoms with Gasteiger partial charge >= 0.3 is 0 Å². The van der Waals surface area contributed by atoms with Crippen molar-refractivity contribution in [3.05, 3.63) is 0 Å². The maximum absolute atomic E-state index is 8.99. The highest BCUT2D eigenvalue weighted by Crippen LogP contribution is 2.55. The molecule has 1 unspecified atom stereocenters. The predicted octanol–water partition coefficient (Wildman–Crippen LogP) is 1.31. The fourth-order valence-electron chi connectivity index (χ4n) is 2.95. The summed E-state index contributed by atoms with van der Waals surface area (Å²) in [5.41, 5.74) is 6.25. The summed E-state index contributed by atoms with van der Waals surface area (Å²) in [6.45, 7) is 0.173. The molecule has 0 aromatic rings. The zero-order valence-electron chi connectivity index (χ0n) is 7.33. The third-order valence-corrected chi connectivity index (χ3v) is 3.78. The van der Waals surface area contributed by atoms with Crippen LogP contribution in [0.2, 0.25) is 0 Å². The molecular formula is C9H18ClNO. The van der Waals surface area contributed by atoms with Gasteiger partial charge < -0.3 is 10.8 Å². The summed E-state index contributed by atoms with van der Waals surface area (Å²) in [6.07, 6.45) is 6.52. The summed E-state index contributed by atoms with van der Waals surface area (Å²) in [4.78, 5) is 0. The van der Waals surface area contributed by atoms with Gasteiger partial charge in [-0.3, -0.25) is 0 Å². The van der Waals surface area contributed by atoms with Gasteiger partial charge in [-0.05, 0) is 43.4 Å². The van der Waals surface area contributed by atoms with Crippen LogP contribution in [0.5, 0.6) is 0 Å². The first kappa shape index (κ1) is 10.3. The second-order valence-electron chi connectivity index (χ2n) is 4.30. The lowest BCUT2D eigenvalue weighted by Crippen LogP contribution is -2.41. The number of aliphatic hydroxyl groups excluding tert-OH is 1. The number of hydrogen-bond acceptors (Lipinski definition) is 2. The van der Waals surface area contributed by atoms with Crippen LogP contribution in [0.3, 0.4) is 0 Å². The SMILES string of the molecule is Cl.NC(CO)C12CCC(CC1)C2. The summed E-state index contributed by atoms with van der Waals surface area (Å²) < 4.78 is 0. The largest absolute Gasteiger partial charge is 0.395 e. The van der Waals surface area contributed by atoms with E-state index in [-0.39, 0.29) is 25.1 Å². The summed E-state index contributed by atoms with van der Waals surface area (Å²) in [5.74, 6) is 0.938. The Morgan fingerprint density at radius 3 is 2.33 bits per heavy atom. The van der Waals surface area contributed by atoms with Crippen LogP contribution in [0.15, 0.2) is 0 Å². The molecule has 2 nitrogen and oxygen atoms in total. The van der Waals surface area contributed by atoms with E-state index in [1.54, 1.807) is 0 Å². The monoisotopic (exact) mass is 191 g/mol. The third-order valence-electron chi connectivity index (χ3n) is 3.78. The van der Waals surface area contributed by atoms with Crippen LogP contribution in [0.4, 0.5) is 0 Å². The zero-order chi connectivity index (χ0) is 7.90. The van der Waals surface area contributed by atoms with E-state index in [0.717, 1.165) is 5.92 Å². The number of fused-ring (bicyclic) bond motifs is 2. The van der Waals surface area contributed by atoms with E-state index in [0.29, 0.717) is 5.41 Å². The molecule has 0 amide bonds. The Labute approximate surface area is 79.9 Å². The lowest BCUT2D eigenvalue weighted by molar-refractivity contribution is 0.150. The zero-order valence-corrected chi connectivity index (χ0v) is 8.15. The first-order chi connectivity index (χ1) is 5.27. The van der Waals surface area contributed by atoms with Crippen molar-refractivity contribution in [3.63, 3.8) is 0 Å². The van der Waals surface area contributed by atoms with Gasteiger partial charge in [-0.1, -0.05) is 0 Å². The molecule has 0 aliphatic heterocycles. The van der Waals surface area contributed by atoms with E-state index >= 15 is 0 Å². The predicted molar refractivity (Wildman–Crippen MR) is 51.3 cm³/mol. The van der Waals surface area contributed by atoms with Gasteiger partial charge in [0.1, 0.15) is 0 Å². The average Bonchev–Trinajstić information content (AvgIpc) is 2.62. The van der Waals surface area contributed by atoms with Gasteiger partial charge in [0.15, 0.2) is 0 Å². The number of hydrogen-bond donors (Lipinski definition) is 2. The third kappa shape index (κ3) is 1.36. The Bertz CT molecular complexity index is 155. The van der Waals surface area contributed by atoms with Crippen LogP contribution in [-0.4, -0.2) is 17.8 Å². The Morgan fingerprint density at radius 2 is 2.00 bits per heavy atom. The molecule has 2 bridgehead atoms. The van der Waals surface area contributed by atoms with Gasteiger partial charge in [-0.15, -0.1) is 12.4 Å². The molecule has 0 aromatic heterocycles. The highest BCUT2D eigenvalue weighted by molar-refractivity contribution is 5.85. The van der Waals surface area contributed by atoms with Gasteiger partial charge in [0, 0.05) is 6.04 Å². The van der Waals surface area contributed by atoms with E-state index in [9.17, 15) is 0 Å². The van der Waals surface area contributed by atoms with E-state index in [4.69, 9.17) is 10.8 Å². The lowest BCUT2D eigenvalue weighted by atomic mass is 9.78. The smallest absolute Gasteiger partial charge is 0.0587 e. The van der Waals surface area contributed by atoms with E-state index < -0.39 is 0 Å². The molecule has 12 heavy (non-hydrogen) atoms. The molecule has 2 aliphatic rings. The normalized spacial score (nSPS) is 41.0. The van der Waals surface area contributed by atoms with Gasteiger partial charge in [-0.25, -0.2) is 0 Å². The minimum Gasteiger partial charge on any atom is -0.395 e. The van der Waals surface area contributed by atoms with Crippen molar-refractivity contribution in [2.24, 2.45) is 17.1 Å². The topological polar surface area (TPSA) is 46.2 Å². The molecule has 1 atom stereocenters. The molecule has 0 heterocycles. The molecular weight excluding hydrogens is 174 g/mol. The van der Waals surface area contributed by atoms with E-state index in [1.807, 2.05) is 0 Å². The fraction of sp³-hybridized carbons (Fsp3) is 1.00. The van der Waals surface area contributed by atoms with Gasteiger partial charge in [0.25, 0.3) is 0 Å². The van der Waals surface area contributed by atoms with Gasteiger partial charge in [0.2, 0.25) is 0 Å². The number of rotatable bonds is 2. The first-order valence-electron chi connectivity index (χ1n) is 4.63. The van der Waals surface area contributed by atoms with Crippen LogP contribution >= 0.6 is 12.4 Å². The molecule has 2 rings (SSSR count). The van der Waals surface area contributed by atoms with Crippen LogP contribution in [0.1, 0.15) is 32.1 Å². The second-order valence-corrected chi connectivity index (χ2v) is 4.30. The van der Waals surface area contributed by atoms with Crippen molar-refractivity contribution in [2.45, 2.75) is 38.1 Å². The lowest BCUT2D eigenvalue weighted by Gasteiger charge is -2.31. The van der Waals surface area contributed by atoms with Gasteiger partial charge in [-0.2, -0.15) is 0 Å². The minimum atomic E-state index is 0. The quantitative estimate of drug-likeness (QED) is 0.692. The maximum atomic E-state index is 8.99. The summed E-state index contributed by atoms with van der Waals surface area (Å²) >= 11 is 0. The van der Waals surface area contributed by atoms with Crippen molar-refractivity contribution in [3.8, 4) is 0 Å². The minimum absolute atomic E-state index is 0. The number of halogens is 1. The van der Waals surface area contributed by atoms with Crippen LogP contribution in [0.25, 0.3) is 0 Å². The highest BCUT2D eigenvalue weighted by Gasteiger charge is 2.47. The van der Waals surface area contributed by atoms with Crippen LogP contribution < -0.4 is 5.73 Å². The summed E-state index contributed by atoms with van der Waals surface area (Å²) in [6, 6.07) is 0.0509. The molecule has 0 aromatic carbocycles. The molecule has 3 N–H and O–H groups in total. The maximum Gasteiger partial charge on any atom is 0.0587 e. The fourth-order valence-corrected chi connectivity index (χ4v) is 2.95. The Hall–Kier alpha value is 0.210. The highest BCUT2D eigenvalue weighted by atomic mass is 35.5. The molecule has 72 valence electrons. The molecule has 0 saturated heterocycles. The van der Waals surface area contributed by atoms with Crippen molar-refractivity contribution in [2.75, 3.05) is 6.61 Å². The molecule has 0 radical (unpaired) electrons. The van der Waals surface area contributed by atoms with Crippen LogP contribution in [0, 0.1) is 11.3 Å². The Morgan fingerprint density at radius 1 is 1.42 bits per heavy atom. The van der Waals surface area contributed by atoms with E-state index in [1.165, 1.54) is 32.1 Å². The van der Waals surface area contributed by atoms with E-state index in [2.05, 4.69) is 0 Å². The molecule has 3 heteroatoms. The van der Waals surface area contributed by atoms with Crippen LogP contribution in [-0.2, 0) is 0 Å². The van der Waals surface area contributed by atoms with Gasteiger partial charge in [0.05, 0.1) is 6.61 Å². The summed E-state index contributed by atoms with van der Waals surface area (Å²) in [7, 11) is 0. The Balaban J connectivity index is 0.000000720. The van der Waals surface area contributed by atoms with Crippen molar-refractivity contribution in [1.82, 2.24) is 0 Å². The first-order valence-corrected chi connectivity index (χ1v) is 4.63. The molecule has 0 spiro atoms. The number of aliphatic hydroxyl groups is 1. The van der Waals surface area contributed by atoms with Crippen molar-refractivity contribution in [1.29, 1.82) is 0 Å². The molecule has 2 fully saturated rings. The van der Waals surface area contributed by atoms with Crippen molar-refractivity contribution < 1.29 is 5.11 Å². The average molecular weight is 192 g/mol. The molecule has 2 aliphatic carbocycles. The second kappa shape index (κ2) is 3.52. The number of nitrogens with two attached hydrogens (primary N) is 1. The Kier molecular flexibility index (Phi) is 3.02. The summed E-state index contributed by atoms with van der Waals surface area (Å²) in [5, 5.41) is 8.99. The van der Waals surface area contributed by atoms with Crippen molar-refractivity contribution >= 4 is 12.4 Å². The standard InChI is InChI=1S/C9H17NO.ClH/c10-8(6-11)9-3-1-7(5-9)2-4-9;/h7-8,11H,1-6,10H2;1H. The molecule has 2 saturated carbocycles.